The molecule has 1 aliphatic carbocycles. The van der Waals surface area contributed by atoms with Crippen molar-refractivity contribution in [3.8, 4) is 34.5 Å². The van der Waals surface area contributed by atoms with Gasteiger partial charge in [-0.3, -0.25) is 0 Å². The first kappa shape index (κ1) is 18.0. The van der Waals surface area contributed by atoms with E-state index in [1.807, 2.05) is 0 Å². The van der Waals surface area contributed by atoms with Crippen LogP contribution in [0, 0.1) is 0 Å². The summed E-state index contributed by atoms with van der Waals surface area (Å²) in [5, 5.41) is 59.0. The predicted octanol–water partition coefficient (Wildman–Crippen LogP) is 1.83. The summed E-state index contributed by atoms with van der Waals surface area (Å²) in [5.41, 5.74) is 0.635. The molecule has 1 fully saturated rings. The quantitative estimate of drug-likeness (QED) is 0.452. The fourth-order valence-corrected chi connectivity index (χ4v) is 3.68. The average molecular weight is 364 g/mol. The van der Waals surface area contributed by atoms with E-state index in [1.54, 1.807) is 0 Å². The molecule has 0 atom stereocenters. The predicted molar refractivity (Wildman–Crippen MR) is 89.9 cm³/mol. The van der Waals surface area contributed by atoms with Crippen LogP contribution in [0.15, 0.2) is 24.3 Å². The first-order valence-electron chi connectivity index (χ1n) is 7.86. The molecule has 0 saturated heterocycles. The minimum absolute atomic E-state index is 0.317. The second kappa shape index (κ2) is 6.47. The Morgan fingerprint density at radius 2 is 0.923 bits per heavy atom. The van der Waals surface area contributed by atoms with Crippen LogP contribution in [0.25, 0.3) is 0 Å². The number of rotatable bonds is 4. The number of hydrogen-bond donors (Lipinski definition) is 6. The molecular weight excluding hydrogens is 344 g/mol. The number of phenolic OH excluding ortho intramolecular Hbond substituents is 6. The minimum Gasteiger partial charge on any atom is -0.504 e. The SMILES string of the molecule is COC1C(c2ccc(O)c(O)c2O)C(OC)C1c1ccc(O)c(O)c1O. The normalized spacial score (nSPS) is 25.0. The van der Waals surface area contributed by atoms with Crippen LogP contribution in [0.5, 0.6) is 34.5 Å². The van der Waals surface area contributed by atoms with Crippen LogP contribution in [-0.2, 0) is 9.47 Å². The molecule has 2 aromatic rings. The Labute approximate surface area is 149 Å². The molecule has 0 aliphatic heterocycles. The third-order valence-corrected chi connectivity index (χ3v) is 5.00. The van der Waals surface area contributed by atoms with E-state index in [1.165, 1.54) is 38.5 Å². The summed E-state index contributed by atoms with van der Waals surface area (Å²) in [4.78, 5) is 0. The molecule has 1 saturated carbocycles. The topological polar surface area (TPSA) is 140 Å². The highest BCUT2D eigenvalue weighted by Gasteiger charge is 2.54. The molecule has 8 heteroatoms. The van der Waals surface area contributed by atoms with Gasteiger partial charge < -0.3 is 40.1 Å². The highest BCUT2D eigenvalue weighted by Crippen LogP contribution is 2.57. The van der Waals surface area contributed by atoms with Gasteiger partial charge in [-0.05, 0) is 12.1 Å². The molecule has 0 spiro atoms. The lowest BCUT2D eigenvalue weighted by Gasteiger charge is -2.50. The number of benzene rings is 2. The van der Waals surface area contributed by atoms with Crippen LogP contribution in [0.4, 0.5) is 0 Å². The molecule has 0 aromatic heterocycles. The van der Waals surface area contributed by atoms with E-state index in [2.05, 4.69) is 0 Å². The van der Waals surface area contributed by atoms with Gasteiger partial charge in [0.15, 0.2) is 23.0 Å². The highest BCUT2D eigenvalue weighted by molar-refractivity contribution is 5.59. The summed E-state index contributed by atoms with van der Waals surface area (Å²) in [6, 6.07) is 5.41. The Balaban J connectivity index is 2.05. The van der Waals surface area contributed by atoms with Crippen LogP contribution in [0.2, 0.25) is 0 Å². The van der Waals surface area contributed by atoms with E-state index in [0.29, 0.717) is 11.1 Å². The maximum atomic E-state index is 10.2. The number of aromatic hydroxyl groups is 6. The van der Waals surface area contributed by atoms with Crippen LogP contribution < -0.4 is 0 Å². The second-order valence-electron chi connectivity index (χ2n) is 6.19. The maximum Gasteiger partial charge on any atom is 0.200 e. The van der Waals surface area contributed by atoms with Gasteiger partial charge in [0.1, 0.15) is 0 Å². The van der Waals surface area contributed by atoms with Gasteiger partial charge in [0, 0.05) is 37.2 Å². The molecule has 140 valence electrons. The zero-order chi connectivity index (χ0) is 19.2. The van der Waals surface area contributed by atoms with Crippen molar-refractivity contribution in [2.45, 2.75) is 24.0 Å². The number of ether oxygens (including phenoxy) is 2. The fraction of sp³-hybridized carbons (Fsp3) is 0.333. The van der Waals surface area contributed by atoms with Gasteiger partial charge in [0.2, 0.25) is 11.5 Å². The van der Waals surface area contributed by atoms with E-state index in [9.17, 15) is 30.6 Å². The van der Waals surface area contributed by atoms with E-state index in [0.717, 1.165) is 0 Å². The van der Waals surface area contributed by atoms with Crippen molar-refractivity contribution in [3.05, 3.63) is 35.4 Å². The van der Waals surface area contributed by atoms with Crippen molar-refractivity contribution < 1.29 is 40.1 Å². The zero-order valence-corrected chi connectivity index (χ0v) is 14.1. The molecular formula is C18H20O8. The number of hydrogen-bond acceptors (Lipinski definition) is 8. The summed E-state index contributed by atoms with van der Waals surface area (Å²) in [7, 11) is 2.90. The Hall–Kier alpha value is -2.84. The molecule has 3 rings (SSSR count). The first-order valence-corrected chi connectivity index (χ1v) is 7.86. The monoisotopic (exact) mass is 364 g/mol. The van der Waals surface area contributed by atoms with Crippen molar-refractivity contribution in [1.29, 1.82) is 0 Å². The third-order valence-electron chi connectivity index (χ3n) is 5.00. The van der Waals surface area contributed by atoms with Crippen LogP contribution in [-0.4, -0.2) is 57.1 Å². The van der Waals surface area contributed by atoms with Crippen LogP contribution >= 0.6 is 0 Å². The van der Waals surface area contributed by atoms with Gasteiger partial charge in [-0.1, -0.05) is 12.1 Å². The van der Waals surface area contributed by atoms with E-state index in [-0.39, 0.29) is 0 Å². The zero-order valence-electron chi connectivity index (χ0n) is 14.1. The molecule has 6 N–H and O–H groups in total. The highest BCUT2D eigenvalue weighted by atomic mass is 16.5. The number of methoxy groups -OCH3 is 2. The Morgan fingerprint density at radius 3 is 1.23 bits per heavy atom. The van der Waals surface area contributed by atoms with E-state index >= 15 is 0 Å². The van der Waals surface area contributed by atoms with Gasteiger partial charge >= 0.3 is 0 Å². The average Bonchev–Trinajstić information content (AvgIpc) is 2.61. The summed E-state index contributed by atoms with van der Waals surface area (Å²) >= 11 is 0. The van der Waals surface area contributed by atoms with Gasteiger partial charge in [-0.25, -0.2) is 0 Å². The fourth-order valence-electron chi connectivity index (χ4n) is 3.68. The first-order chi connectivity index (χ1) is 12.3. The maximum absolute atomic E-state index is 10.2. The van der Waals surface area contributed by atoms with Crippen molar-refractivity contribution in [1.82, 2.24) is 0 Å². The summed E-state index contributed by atoms with van der Waals surface area (Å²) in [6.45, 7) is 0. The van der Waals surface area contributed by atoms with Gasteiger partial charge in [0.25, 0.3) is 0 Å². The molecule has 26 heavy (non-hydrogen) atoms. The molecule has 0 radical (unpaired) electrons. The molecule has 0 unspecified atom stereocenters. The van der Waals surface area contributed by atoms with E-state index < -0.39 is 58.5 Å². The molecule has 8 nitrogen and oxygen atoms in total. The van der Waals surface area contributed by atoms with Crippen molar-refractivity contribution in [2.75, 3.05) is 14.2 Å². The summed E-state index contributed by atoms with van der Waals surface area (Å²) < 4.78 is 11.0. The lowest BCUT2D eigenvalue weighted by Crippen LogP contribution is -2.53. The van der Waals surface area contributed by atoms with Gasteiger partial charge in [0.05, 0.1) is 12.2 Å². The van der Waals surface area contributed by atoms with Gasteiger partial charge in [-0.2, -0.15) is 0 Å². The smallest absolute Gasteiger partial charge is 0.200 e. The molecule has 0 amide bonds. The summed E-state index contributed by atoms with van der Waals surface area (Å²) in [6.07, 6.45) is -1.13. The molecule has 0 bridgehead atoms. The third kappa shape index (κ3) is 2.46. The van der Waals surface area contributed by atoms with Crippen molar-refractivity contribution in [2.24, 2.45) is 0 Å². The summed E-state index contributed by atoms with van der Waals surface area (Å²) in [5.74, 6) is -4.14. The lowest BCUT2D eigenvalue weighted by molar-refractivity contribution is -0.116. The molecule has 1 aliphatic rings. The molecule has 2 aromatic carbocycles. The largest absolute Gasteiger partial charge is 0.504 e. The standard InChI is InChI=1S/C18H20O8/c1-25-17-11(7-3-5-9(19)15(23)13(7)21)18(26-2)12(17)8-4-6-10(20)16(24)14(8)22/h3-6,11-12,17-24H,1-2H3. The Morgan fingerprint density at radius 1 is 0.577 bits per heavy atom. The Bertz CT molecular complexity index is 757. The second-order valence-corrected chi connectivity index (χ2v) is 6.19. The van der Waals surface area contributed by atoms with Crippen molar-refractivity contribution >= 4 is 0 Å². The lowest BCUT2D eigenvalue weighted by atomic mass is 9.62. The van der Waals surface area contributed by atoms with Gasteiger partial charge in [-0.15, -0.1) is 0 Å². The molecule has 0 heterocycles. The Kier molecular flexibility index (Phi) is 4.47. The van der Waals surface area contributed by atoms with Crippen molar-refractivity contribution in [3.63, 3.8) is 0 Å². The van der Waals surface area contributed by atoms with Crippen LogP contribution in [0.3, 0.4) is 0 Å². The van der Waals surface area contributed by atoms with E-state index in [4.69, 9.17) is 9.47 Å². The van der Waals surface area contributed by atoms with Crippen LogP contribution in [0.1, 0.15) is 23.0 Å². The number of phenols is 6. The minimum atomic E-state index is -0.638.